The van der Waals surface area contributed by atoms with Gasteiger partial charge in [0.1, 0.15) is 0 Å². The molecule has 0 aromatic carbocycles. The SMILES string of the molecule is CCC(C)C1(O)CCCC(C(F)(F)F)C1. The van der Waals surface area contributed by atoms with Gasteiger partial charge in [0.2, 0.25) is 0 Å². The molecule has 4 heteroatoms. The Bertz CT molecular complexity index is 214. The van der Waals surface area contributed by atoms with Crippen LogP contribution in [0.4, 0.5) is 13.2 Å². The topological polar surface area (TPSA) is 20.2 Å². The summed E-state index contributed by atoms with van der Waals surface area (Å²) < 4.78 is 37.6. The van der Waals surface area contributed by atoms with Crippen LogP contribution in [0.5, 0.6) is 0 Å². The maximum Gasteiger partial charge on any atom is 0.391 e. The maximum absolute atomic E-state index is 12.5. The first kappa shape index (κ1) is 12.8. The van der Waals surface area contributed by atoms with Gasteiger partial charge in [-0.1, -0.05) is 20.3 Å². The van der Waals surface area contributed by atoms with Crippen molar-refractivity contribution in [2.45, 2.75) is 57.7 Å². The Balaban J connectivity index is 2.71. The third-order valence-electron chi connectivity index (χ3n) is 3.75. The van der Waals surface area contributed by atoms with Crippen molar-refractivity contribution in [3.63, 3.8) is 0 Å². The Labute approximate surface area is 88.7 Å². The van der Waals surface area contributed by atoms with E-state index in [2.05, 4.69) is 0 Å². The smallest absolute Gasteiger partial charge is 0.390 e. The van der Waals surface area contributed by atoms with Crippen molar-refractivity contribution >= 4 is 0 Å². The fourth-order valence-corrected chi connectivity index (χ4v) is 2.39. The zero-order chi connectivity index (χ0) is 11.7. The van der Waals surface area contributed by atoms with Gasteiger partial charge in [0.05, 0.1) is 11.5 Å². The van der Waals surface area contributed by atoms with Crippen LogP contribution in [-0.4, -0.2) is 16.9 Å². The first-order valence-corrected chi connectivity index (χ1v) is 5.58. The van der Waals surface area contributed by atoms with Gasteiger partial charge in [0.15, 0.2) is 0 Å². The molecular formula is C11H19F3O. The lowest BCUT2D eigenvalue weighted by Crippen LogP contribution is -2.44. The summed E-state index contributed by atoms with van der Waals surface area (Å²) in [5.41, 5.74) is -1.10. The van der Waals surface area contributed by atoms with Gasteiger partial charge in [-0.25, -0.2) is 0 Å². The van der Waals surface area contributed by atoms with E-state index in [-0.39, 0.29) is 18.8 Å². The lowest BCUT2D eigenvalue weighted by atomic mass is 9.71. The third-order valence-corrected chi connectivity index (χ3v) is 3.75. The van der Waals surface area contributed by atoms with E-state index in [4.69, 9.17) is 0 Å². The van der Waals surface area contributed by atoms with Crippen LogP contribution in [0.25, 0.3) is 0 Å². The van der Waals surface area contributed by atoms with Crippen LogP contribution in [0.3, 0.4) is 0 Å². The van der Waals surface area contributed by atoms with Crippen molar-refractivity contribution in [3.8, 4) is 0 Å². The number of alkyl halides is 3. The van der Waals surface area contributed by atoms with Gasteiger partial charge in [0.25, 0.3) is 0 Å². The lowest BCUT2D eigenvalue weighted by molar-refractivity contribution is -0.206. The molecule has 1 rings (SSSR count). The Morgan fingerprint density at radius 2 is 2.07 bits per heavy atom. The zero-order valence-corrected chi connectivity index (χ0v) is 9.27. The third kappa shape index (κ3) is 2.86. The minimum atomic E-state index is -4.15. The molecule has 1 aliphatic rings. The molecule has 3 atom stereocenters. The van der Waals surface area contributed by atoms with Crippen LogP contribution in [0.2, 0.25) is 0 Å². The first-order chi connectivity index (χ1) is 6.79. The Kier molecular flexibility index (Phi) is 3.69. The lowest BCUT2D eigenvalue weighted by Gasteiger charge is -2.41. The second kappa shape index (κ2) is 4.32. The fourth-order valence-electron chi connectivity index (χ4n) is 2.39. The molecule has 0 aliphatic heterocycles. The Hall–Kier alpha value is -0.250. The number of hydrogen-bond donors (Lipinski definition) is 1. The molecule has 0 amide bonds. The quantitative estimate of drug-likeness (QED) is 0.761. The highest BCUT2D eigenvalue weighted by Crippen LogP contribution is 2.44. The van der Waals surface area contributed by atoms with Crippen LogP contribution < -0.4 is 0 Å². The summed E-state index contributed by atoms with van der Waals surface area (Å²) in [5, 5.41) is 10.2. The second-order valence-electron chi connectivity index (χ2n) is 4.75. The molecule has 0 aromatic heterocycles. The molecule has 1 nitrogen and oxygen atoms in total. The van der Waals surface area contributed by atoms with E-state index in [0.29, 0.717) is 12.8 Å². The van der Waals surface area contributed by atoms with E-state index < -0.39 is 17.7 Å². The maximum atomic E-state index is 12.5. The van der Waals surface area contributed by atoms with Crippen molar-refractivity contribution < 1.29 is 18.3 Å². The van der Waals surface area contributed by atoms with Crippen molar-refractivity contribution in [2.75, 3.05) is 0 Å². The molecule has 1 fully saturated rings. The zero-order valence-electron chi connectivity index (χ0n) is 9.27. The van der Waals surface area contributed by atoms with Crippen molar-refractivity contribution in [1.82, 2.24) is 0 Å². The predicted molar refractivity (Wildman–Crippen MR) is 52.4 cm³/mol. The Morgan fingerprint density at radius 1 is 1.47 bits per heavy atom. The standard InChI is InChI=1S/C11H19F3O/c1-3-8(2)10(15)6-4-5-9(7-10)11(12,13)14/h8-9,15H,3-7H2,1-2H3. The van der Waals surface area contributed by atoms with E-state index in [9.17, 15) is 18.3 Å². The van der Waals surface area contributed by atoms with Crippen molar-refractivity contribution in [3.05, 3.63) is 0 Å². The summed E-state index contributed by atoms with van der Waals surface area (Å²) in [4.78, 5) is 0. The molecule has 3 unspecified atom stereocenters. The van der Waals surface area contributed by atoms with E-state index in [1.165, 1.54) is 0 Å². The number of rotatable bonds is 2. The average molecular weight is 224 g/mol. The molecule has 1 saturated carbocycles. The highest BCUT2D eigenvalue weighted by atomic mass is 19.4. The van der Waals surface area contributed by atoms with Crippen LogP contribution in [0, 0.1) is 11.8 Å². The van der Waals surface area contributed by atoms with E-state index in [1.54, 1.807) is 0 Å². The summed E-state index contributed by atoms with van der Waals surface area (Å²) in [6, 6.07) is 0. The van der Waals surface area contributed by atoms with E-state index in [1.807, 2.05) is 13.8 Å². The number of aliphatic hydroxyl groups is 1. The molecule has 0 bridgehead atoms. The molecule has 0 aromatic rings. The normalized spacial score (nSPS) is 35.2. The van der Waals surface area contributed by atoms with Crippen LogP contribution >= 0.6 is 0 Å². The predicted octanol–water partition coefficient (Wildman–Crippen LogP) is 3.52. The van der Waals surface area contributed by atoms with Crippen molar-refractivity contribution in [1.29, 1.82) is 0 Å². The molecule has 0 spiro atoms. The highest BCUT2D eigenvalue weighted by Gasteiger charge is 2.48. The fraction of sp³-hybridized carbons (Fsp3) is 1.00. The van der Waals surface area contributed by atoms with Gasteiger partial charge in [-0.05, 0) is 31.6 Å². The summed E-state index contributed by atoms with van der Waals surface area (Å²) >= 11 is 0. The second-order valence-corrected chi connectivity index (χ2v) is 4.75. The summed E-state index contributed by atoms with van der Waals surface area (Å²) in [6.07, 6.45) is -2.39. The summed E-state index contributed by atoms with van der Waals surface area (Å²) in [5.74, 6) is -1.37. The Morgan fingerprint density at radius 3 is 2.53 bits per heavy atom. The van der Waals surface area contributed by atoms with Gasteiger partial charge >= 0.3 is 6.18 Å². The largest absolute Gasteiger partial charge is 0.391 e. The highest BCUT2D eigenvalue weighted by molar-refractivity contribution is 4.91. The molecular weight excluding hydrogens is 205 g/mol. The molecule has 15 heavy (non-hydrogen) atoms. The monoisotopic (exact) mass is 224 g/mol. The van der Waals surface area contributed by atoms with Gasteiger partial charge in [-0.15, -0.1) is 0 Å². The minimum absolute atomic E-state index is 0.0531. The van der Waals surface area contributed by atoms with Gasteiger partial charge < -0.3 is 5.11 Å². The summed E-state index contributed by atoms with van der Waals surface area (Å²) in [6.45, 7) is 3.73. The first-order valence-electron chi connectivity index (χ1n) is 5.58. The van der Waals surface area contributed by atoms with Gasteiger partial charge in [-0.2, -0.15) is 13.2 Å². The van der Waals surface area contributed by atoms with Crippen LogP contribution in [0.15, 0.2) is 0 Å². The molecule has 0 saturated heterocycles. The minimum Gasteiger partial charge on any atom is -0.390 e. The number of hydrogen-bond acceptors (Lipinski definition) is 1. The van der Waals surface area contributed by atoms with Crippen LogP contribution in [0.1, 0.15) is 46.0 Å². The molecule has 0 radical (unpaired) electrons. The van der Waals surface area contributed by atoms with Gasteiger partial charge in [-0.3, -0.25) is 0 Å². The van der Waals surface area contributed by atoms with Crippen LogP contribution in [-0.2, 0) is 0 Å². The van der Waals surface area contributed by atoms with E-state index in [0.717, 1.165) is 6.42 Å². The average Bonchev–Trinajstić information content (AvgIpc) is 2.15. The summed E-state index contributed by atoms with van der Waals surface area (Å²) in [7, 11) is 0. The van der Waals surface area contributed by atoms with Gasteiger partial charge in [0, 0.05) is 0 Å². The van der Waals surface area contributed by atoms with Crippen molar-refractivity contribution in [2.24, 2.45) is 11.8 Å². The number of halogens is 3. The molecule has 90 valence electrons. The molecule has 0 heterocycles. The molecule has 1 aliphatic carbocycles. The van der Waals surface area contributed by atoms with E-state index >= 15 is 0 Å². The molecule has 1 N–H and O–H groups in total.